The minimum Gasteiger partial charge on any atom is -0.378 e. The van der Waals surface area contributed by atoms with Gasteiger partial charge in [0.25, 0.3) is 0 Å². The third-order valence-electron chi connectivity index (χ3n) is 3.56. The predicted molar refractivity (Wildman–Crippen MR) is 68.9 cm³/mol. The van der Waals surface area contributed by atoms with E-state index >= 15 is 0 Å². The molecule has 3 atom stereocenters. The van der Waals surface area contributed by atoms with Crippen LogP contribution < -0.4 is 4.72 Å². The highest BCUT2D eigenvalue weighted by Crippen LogP contribution is 2.17. The van der Waals surface area contributed by atoms with Crippen molar-refractivity contribution in [2.24, 2.45) is 0 Å². The molecule has 106 valence electrons. The topological polar surface area (TPSA) is 64.6 Å². The van der Waals surface area contributed by atoms with Gasteiger partial charge in [0.15, 0.2) is 0 Å². The van der Waals surface area contributed by atoms with E-state index in [0.29, 0.717) is 13.0 Å². The van der Waals surface area contributed by atoms with Gasteiger partial charge in [0, 0.05) is 19.3 Å². The summed E-state index contributed by atoms with van der Waals surface area (Å²) in [6.45, 7) is 3.39. The van der Waals surface area contributed by atoms with Crippen LogP contribution >= 0.6 is 0 Å². The highest BCUT2D eigenvalue weighted by Gasteiger charge is 2.25. The molecule has 0 aromatic carbocycles. The smallest absolute Gasteiger partial charge is 0.211 e. The number of hydrogen-bond donors (Lipinski definition) is 1. The SMILES string of the molecule is C[C@@H]1C[C@@H](NS(=O)(=O)CC[C@@H]2CCCO2)CCO1. The summed E-state index contributed by atoms with van der Waals surface area (Å²) in [5.74, 6) is 0.170. The highest BCUT2D eigenvalue weighted by molar-refractivity contribution is 7.89. The fourth-order valence-electron chi connectivity index (χ4n) is 2.58. The van der Waals surface area contributed by atoms with Crippen molar-refractivity contribution in [2.45, 2.75) is 57.3 Å². The second kappa shape index (κ2) is 6.32. The minimum atomic E-state index is -3.18. The lowest BCUT2D eigenvalue weighted by Gasteiger charge is -2.27. The monoisotopic (exact) mass is 277 g/mol. The molecule has 0 aromatic rings. The molecule has 0 bridgehead atoms. The lowest BCUT2D eigenvalue weighted by molar-refractivity contribution is 0.0173. The molecule has 2 rings (SSSR count). The molecule has 2 aliphatic rings. The summed E-state index contributed by atoms with van der Waals surface area (Å²) in [5.41, 5.74) is 0. The average Bonchev–Trinajstić information content (AvgIpc) is 2.78. The summed E-state index contributed by atoms with van der Waals surface area (Å²) in [5, 5.41) is 0. The van der Waals surface area contributed by atoms with E-state index in [4.69, 9.17) is 9.47 Å². The maximum Gasteiger partial charge on any atom is 0.211 e. The zero-order chi connectivity index (χ0) is 13.0. The molecular weight excluding hydrogens is 254 g/mol. The molecule has 2 heterocycles. The Balaban J connectivity index is 1.75. The fraction of sp³-hybridized carbons (Fsp3) is 1.00. The molecular formula is C12H23NO4S. The Morgan fingerprint density at radius 2 is 2.06 bits per heavy atom. The first-order valence-corrected chi connectivity index (χ1v) is 8.43. The molecule has 0 aliphatic carbocycles. The predicted octanol–water partition coefficient (Wildman–Crippen LogP) is 1.04. The Kier molecular flexibility index (Phi) is 5.00. The Hall–Kier alpha value is -0.170. The molecule has 0 unspecified atom stereocenters. The van der Waals surface area contributed by atoms with E-state index in [1.807, 2.05) is 6.92 Å². The Labute approximate surface area is 109 Å². The minimum absolute atomic E-state index is 0.0308. The van der Waals surface area contributed by atoms with Crippen LogP contribution in [0.2, 0.25) is 0 Å². The zero-order valence-corrected chi connectivity index (χ0v) is 11.7. The standard InChI is InChI=1S/C12H23NO4S/c1-10-9-11(4-7-16-10)13-18(14,15)8-5-12-3-2-6-17-12/h10-13H,2-9H2,1H3/t10-,11+,12+/m1/s1. The molecule has 1 N–H and O–H groups in total. The molecule has 0 amide bonds. The van der Waals surface area contributed by atoms with Crippen molar-refractivity contribution in [3.63, 3.8) is 0 Å². The zero-order valence-electron chi connectivity index (χ0n) is 10.9. The van der Waals surface area contributed by atoms with Crippen LogP contribution in [-0.4, -0.2) is 45.6 Å². The Bertz CT molecular complexity index is 351. The first-order valence-electron chi connectivity index (χ1n) is 6.78. The molecule has 18 heavy (non-hydrogen) atoms. The number of rotatable bonds is 5. The van der Waals surface area contributed by atoms with Crippen molar-refractivity contribution < 1.29 is 17.9 Å². The Morgan fingerprint density at radius 3 is 2.72 bits per heavy atom. The van der Waals surface area contributed by atoms with E-state index < -0.39 is 10.0 Å². The van der Waals surface area contributed by atoms with Crippen molar-refractivity contribution >= 4 is 10.0 Å². The normalized spacial score (nSPS) is 33.7. The fourth-order valence-corrected chi connectivity index (χ4v) is 3.99. The van der Waals surface area contributed by atoms with Crippen LogP contribution in [0.25, 0.3) is 0 Å². The van der Waals surface area contributed by atoms with Gasteiger partial charge in [-0.1, -0.05) is 0 Å². The van der Waals surface area contributed by atoms with Gasteiger partial charge in [0.2, 0.25) is 10.0 Å². The van der Waals surface area contributed by atoms with Crippen LogP contribution in [0, 0.1) is 0 Å². The average molecular weight is 277 g/mol. The molecule has 0 aromatic heterocycles. The number of sulfonamides is 1. The third-order valence-corrected chi connectivity index (χ3v) is 5.03. The van der Waals surface area contributed by atoms with Gasteiger partial charge in [0.05, 0.1) is 18.0 Å². The largest absolute Gasteiger partial charge is 0.378 e. The van der Waals surface area contributed by atoms with Gasteiger partial charge in [-0.05, 0) is 39.0 Å². The number of nitrogens with one attached hydrogen (secondary N) is 1. The second-order valence-corrected chi connectivity index (χ2v) is 7.14. The third kappa shape index (κ3) is 4.50. The molecule has 5 nitrogen and oxygen atoms in total. The summed E-state index contributed by atoms with van der Waals surface area (Å²) >= 11 is 0. The van der Waals surface area contributed by atoms with E-state index in [-0.39, 0.29) is 24.0 Å². The second-order valence-electron chi connectivity index (χ2n) is 5.26. The highest BCUT2D eigenvalue weighted by atomic mass is 32.2. The van der Waals surface area contributed by atoms with E-state index in [1.165, 1.54) is 0 Å². The van der Waals surface area contributed by atoms with E-state index in [1.54, 1.807) is 0 Å². The Morgan fingerprint density at radius 1 is 1.22 bits per heavy atom. The van der Waals surface area contributed by atoms with E-state index in [0.717, 1.165) is 32.3 Å². The van der Waals surface area contributed by atoms with Gasteiger partial charge in [-0.25, -0.2) is 13.1 Å². The number of hydrogen-bond acceptors (Lipinski definition) is 4. The summed E-state index contributed by atoms with van der Waals surface area (Å²) in [6.07, 6.45) is 4.45. The molecule has 2 fully saturated rings. The lowest BCUT2D eigenvalue weighted by atomic mass is 10.1. The van der Waals surface area contributed by atoms with Crippen LogP contribution in [0.5, 0.6) is 0 Å². The van der Waals surface area contributed by atoms with Crippen molar-refractivity contribution in [1.29, 1.82) is 0 Å². The van der Waals surface area contributed by atoms with Crippen molar-refractivity contribution in [1.82, 2.24) is 4.72 Å². The maximum atomic E-state index is 12.0. The first kappa shape index (κ1) is 14.2. The summed E-state index contributed by atoms with van der Waals surface area (Å²) in [7, 11) is -3.18. The van der Waals surface area contributed by atoms with Crippen LogP contribution in [0.15, 0.2) is 0 Å². The summed E-state index contributed by atoms with van der Waals surface area (Å²) < 4.78 is 37.5. The summed E-state index contributed by atoms with van der Waals surface area (Å²) in [4.78, 5) is 0. The van der Waals surface area contributed by atoms with Gasteiger partial charge in [0.1, 0.15) is 0 Å². The van der Waals surface area contributed by atoms with Crippen molar-refractivity contribution in [2.75, 3.05) is 19.0 Å². The van der Waals surface area contributed by atoms with E-state index in [9.17, 15) is 8.42 Å². The van der Waals surface area contributed by atoms with Crippen LogP contribution in [0.3, 0.4) is 0 Å². The molecule has 0 spiro atoms. The molecule has 2 saturated heterocycles. The lowest BCUT2D eigenvalue weighted by Crippen LogP contribution is -2.42. The van der Waals surface area contributed by atoms with E-state index in [2.05, 4.69) is 4.72 Å². The molecule has 0 saturated carbocycles. The maximum absolute atomic E-state index is 12.0. The quantitative estimate of drug-likeness (QED) is 0.815. The van der Waals surface area contributed by atoms with Gasteiger partial charge in [-0.3, -0.25) is 0 Å². The van der Waals surface area contributed by atoms with Crippen molar-refractivity contribution in [3.8, 4) is 0 Å². The first-order chi connectivity index (χ1) is 8.55. The van der Waals surface area contributed by atoms with Crippen LogP contribution in [0.4, 0.5) is 0 Å². The van der Waals surface area contributed by atoms with Gasteiger partial charge in [-0.15, -0.1) is 0 Å². The van der Waals surface area contributed by atoms with Crippen LogP contribution in [-0.2, 0) is 19.5 Å². The van der Waals surface area contributed by atoms with Crippen molar-refractivity contribution in [3.05, 3.63) is 0 Å². The molecule has 6 heteroatoms. The van der Waals surface area contributed by atoms with Gasteiger partial charge < -0.3 is 9.47 Å². The number of ether oxygens (including phenoxy) is 2. The van der Waals surface area contributed by atoms with Gasteiger partial charge in [-0.2, -0.15) is 0 Å². The summed E-state index contributed by atoms with van der Waals surface area (Å²) in [6, 6.07) is 0.0308. The molecule has 0 radical (unpaired) electrons. The molecule has 2 aliphatic heterocycles. The van der Waals surface area contributed by atoms with Gasteiger partial charge >= 0.3 is 0 Å². The van der Waals surface area contributed by atoms with Crippen LogP contribution in [0.1, 0.15) is 39.0 Å².